The largest absolute Gasteiger partial charge is 0.466 e. The van der Waals surface area contributed by atoms with E-state index in [9.17, 15) is 18.5 Å². The van der Waals surface area contributed by atoms with E-state index in [2.05, 4.69) is 35.1 Å². The van der Waals surface area contributed by atoms with Gasteiger partial charge in [-0.1, -0.05) is 31.2 Å². The van der Waals surface area contributed by atoms with Crippen LogP contribution in [0, 0.1) is 11.3 Å². The minimum absolute atomic E-state index is 0.107. The van der Waals surface area contributed by atoms with Gasteiger partial charge in [0.25, 0.3) is 5.16 Å². The van der Waals surface area contributed by atoms with Crippen molar-refractivity contribution in [3.8, 4) is 11.9 Å². The van der Waals surface area contributed by atoms with Gasteiger partial charge in [0.05, 0.1) is 24.1 Å². The number of piperazine rings is 1. The number of carbonyl (C=O) groups excluding carboxylic acids is 1. The highest BCUT2D eigenvalue weighted by atomic mass is 32.2. The molecule has 1 aliphatic carbocycles. The van der Waals surface area contributed by atoms with Crippen LogP contribution in [0.15, 0.2) is 29.4 Å². The zero-order chi connectivity index (χ0) is 28.2. The summed E-state index contributed by atoms with van der Waals surface area (Å²) in [5, 5.41) is 9.20. The molecule has 11 heteroatoms. The molecule has 0 radical (unpaired) electrons. The third kappa shape index (κ3) is 5.14. The number of anilines is 1. The number of benzene rings is 1. The summed E-state index contributed by atoms with van der Waals surface area (Å²) in [7, 11) is -3.74. The van der Waals surface area contributed by atoms with E-state index in [1.54, 1.807) is 25.7 Å². The van der Waals surface area contributed by atoms with Crippen LogP contribution in [0.25, 0.3) is 0 Å². The summed E-state index contributed by atoms with van der Waals surface area (Å²) in [6.07, 6.45) is 2.85. The number of nitriles is 1. The molecule has 1 aromatic carbocycles. The van der Waals surface area contributed by atoms with Crippen molar-refractivity contribution in [2.45, 2.75) is 81.7 Å². The molecule has 208 valence electrons. The molecular weight excluding hydrogens is 518 g/mol. The zero-order valence-electron chi connectivity index (χ0n) is 23.1. The first kappa shape index (κ1) is 27.2. The number of nitrogens with zero attached hydrogens (tertiary/aromatic N) is 5. The smallest absolute Gasteiger partial charge is 0.410 e. The number of rotatable bonds is 3. The fraction of sp³-hybridized carbons (Fsp3) is 0.571. The van der Waals surface area contributed by atoms with Gasteiger partial charge in [-0.2, -0.15) is 10.2 Å². The Labute approximate surface area is 229 Å². The summed E-state index contributed by atoms with van der Waals surface area (Å²) in [5.74, 6) is 1.09. The molecule has 2 aromatic rings. The molecule has 1 amide bonds. The van der Waals surface area contributed by atoms with Gasteiger partial charge in [-0.25, -0.2) is 18.2 Å². The summed E-state index contributed by atoms with van der Waals surface area (Å²) >= 11 is 0. The first-order chi connectivity index (χ1) is 18.3. The summed E-state index contributed by atoms with van der Waals surface area (Å²) < 4.78 is 37.5. The van der Waals surface area contributed by atoms with Crippen LogP contribution >= 0.6 is 0 Å². The Hall–Kier alpha value is -3.39. The number of hydrogen-bond donors (Lipinski definition) is 0. The van der Waals surface area contributed by atoms with Gasteiger partial charge in [-0.3, -0.25) is 0 Å². The van der Waals surface area contributed by atoms with Crippen molar-refractivity contribution in [1.29, 1.82) is 5.26 Å². The zero-order valence-corrected chi connectivity index (χ0v) is 23.9. The van der Waals surface area contributed by atoms with Crippen LogP contribution in [0.1, 0.15) is 69.6 Å². The quantitative estimate of drug-likeness (QED) is 0.519. The monoisotopic (exact) mass is 553 g/mol. The molecule has 0 N–H and O–H groups in total. The van der Waals surface area contributed by atoms with Crippen LogP contribution < -0.4 is 9.64 Å². The minimum atomic E-state index is -3.74. The lowest BCUT2D eigenvalue weighted by Gasteiger charge is -2.43. The number of amides is 1. The van der Waals surface area contributed by atoms with Crippen molar-refractivity contribution in [1.82, 2.24) is 14.9 Å². The van der Waals surface area contributed by atoms with E-state index in [0.717, 1.165) is 30.2 Å². The molecule has 3 aliphatic rings. The first-order valence-electron chi connectivity index (χ1n) is 13.3. The first-order valence-corrected chi connectivity index (χ1v) is 15.2. The van der Waals surface area contributed by atoms with E-state index >= 15 is 0 Å². The van der Waals surface area contributed by atoms with Crippen molar-refractivity contribution < 1.29 is 22.7 Å². The van der Waals surface area contributed by atoms with Gasteiger partial charge in [-0.05, 0) is 57.1 Å². The molecule has 3 atom stereocenters. The van der Waals surface area contributed by atoms with Gasteiger partial charge in [0, 0.05) is 25.9 Å². The highest BCUT2D eigenvalue weighted by molar-refractivity contribution is 7.90. The number of carbonyl (C=O) groups is 1. The number of ether oxygens (including phenoxy) is 2. The lowest BCUT2D eigenvalue weighted by atomic mass is 9.86. The molecule has 39 heavy (non-hydrogen) atoms. The van der Waals surface area contributed by atoms with Crippen molar-refractivity contribution in [3.05, 3.63) is 41.0 Å². The molecule has 2 unspecified atom stereocenters. The molecule has 5 rings (SSSR count). The van der Waals surface area contributed by atoms with Crippen LogP contribution in [0.4, 0.5) is 10.6 Å². The standard InChI is InChI=1S/C28H35N5O5S/c1-18-16-28(22-9-7-6-8-20(18)22)12-10-21-23(30-25(39(5,35)36)31-24(21)37-28)32-14-15-33(19(17-32)11-13-29)26(34)38-27(2,3)4/h6-9,18-19H,10-12,14-17H2,1-5H3/t18?,19-,28?/m0/s1. The van der Waals surface area contributed by atoms with E-state index in [-0.39, 0.29) is 11.6 Å². The average molecular weight is 554 g/mol. The maximum absolute atomic E-state index is 12.9. The lowest BCUT2D eigenvalue weighted by molar-refractivity contribution is 0.0142. The van der Waals surface area contributed by atoms with Gasteiger partial charge in [0.15, 0.2) is 0 Å². The van der Waals surface area contributed by atoms with Crippen molar-refractivity contribution in [2.24, 2.45) is 0 Å². The molecule has 10 nitrogen and oxygen atoms in total. The van der Waals surface area contributed by atoms with E-state index in [4.69, 9.17) is 9.47 Å². The highest BCUT2D eigenvalue weighted by Gasteiger charge is 2.48. The topological polar surface area (TPSA) is 126 Å². The van der Waals surface area contributed by atoms with Gasteiger partial charge in [-0.15, -0.1) is 0 Å². The van der Waals surface area contributed by atoms with Gasteiger partial charge in [0.1, 0.15) is 17.0 Å². The van der Waals surface area contributed by atoms with E-state index in [0.29, 0.717) is 43.7 Å². The Morgan fingerprint density at radius 1 is 1.26 bits per heavy atom. The molecule has 0 saturated carbocycles. The SMILES string of the molecule is CC1CC2(CCc3c(nc(S(C)(=O)=O)nc3N3CCN(C(=O)OC(C)(C)C)[C@@H](CC#N)C3)O2)c2ccccc21. The van der Waals surface area contributed by atoms with Crippen LogP contribution in [-0.2, 0) is 26.6 Å². The predicted molar refractivity (Wildman–Crippen MR) is 144 cm³/mol. The van der Waals surface area contributed by atoms with Crippen molar-refractivity contribution in [2.75, 3.05) is 30.8 Å². The molecule has 2 aliphatic heterocycles. The second kappa shape index (κ2) is 9.66. The van der Waals surface area contributed by atoms with Crippen LogP contribution in [0.5, 0.6) is 5.88 Å². The maximum atomic E-state index is 12.9. The summed E-state index contributed by atoms with van der Waals surface area (Å²) in [4.78, 5) is 25.3. The number of hydrogen-bond acceptors (Lipinski definition) is 9. The lowest BCUT2D eigenvalue weighted by Crippen LogP contribution is -2.56. The Bertz CT molecular complexity index is 1450. The third-order valence-electron chi connectivity index (χ3n) is 7.69. The van der Waals surface area contributed by atoms with E-state index in [1.807, 2.05) is 17.0 Å². The Morgan fingerprint density at radius 3 is 2.69 bits per heavy atom. The molecule has 0 bridgehead atoms. The van der Waals surface area contributed by atoms with Gasteiger partial charge < -0.3 is 19.3 Å². The second-order valence-corrected chi connectivity index (χ2v) is 13.7. The predicted octanol–water partition coefficient (Wildman–Crippen LogP) is 3.95. The number of fused-ring (bicyclic) bond motifs is 3. The highest BCUT2D eigenvalue weighted by Crippen LogP contribution is 2.52. The fourth-order valence-corrected chi connectivity index (χ4v) is 6.51. The number of sulfone groups is 1. The Morgan fingerprint density at radius 2 is 2.00 bits per heavy atom. The normalized spacial score (nSPS) is 24.5. The summed E-state index contributed by atoms with van der Waals surface area (Å²) in [5.41, 5.74) is 1.90. The van der Waals surface area contributed by atoms with Crippen molar-refractivity contribution in [3.63, 3.8) is 0 Å². The van der Waals surface area contributed by atoms with Crippen LogP contribution in [0.2, 0.25) is 0 Å². The molecule has 1 aromatic heterocycles. The van der Waals surface area contributed by atoms with E-state index in [1.165, 1.54) is 5.56 Å². The van der Waals surface area contributed by atoms with Gasteiger partial charge in [0.2, 0.25) is 15.7 Å². The second-order valence-electron chi connectivity index (χ2n) is 11.8. The summed E-state index contributed by atoms with van der Waals surface area (Å²) in [6, 6.07) is 9.98. The average Bonchev–Trinajstić information content (AvgIpc) is 3.12. The molecule has 1 fully saturated rings. The van der Waals surface area contributed by atoms with E-state index < -0.39 is 33.2 Å². The van der Waals surface area contributed by atoms with Crippen LogP contribution in [-0.4, -0.2) is 66.9 Å². The van der Waals surface area contributed by atoms with Crippen LogP contribution in [0.3, 0.4) is 0 Å². The Kier molecular flexibility index (Phi) is 6.74. The molecule has 1 saturated heterocycles. The maximum Gasteiger partial charge on any atom is 0.410 e. The fourth-order valence-electron chi connectivity index (χ4n) is 6.00. The summed E-state index contributed by atoms with van der Waals surface area (Å²) in [6.45, 7) is 8.61. The molecule has 3 heterocycles. The molecular formula is C28H35N5O5S. The van der Waals surface area contributed by atoms with Crippen molar-refractivity contribution >= 4 is 21.7 Å². The molecule has 1 spiro atoms. The minimum Gasteiger partial charge on any atom is -0.466 e. The Balaban J connectivity index is 1.51. The number of aromatic nitrogens is 2. The van der Waals surface area contributed by atoms with Gasteiger partial charge >= 0.3 is 6.09 Å². The third-order valence-corrected chi connectivity index (χ3v) is 8.53.